The Balaban J connectivity index is 2.02. The quantitative estimate of drug-likeness (QED) is 0.449. The predicted octanol–water partition coefficient (Wildman–Crippen LogP) is 4.21. The number of rotatable bonds is 7. The van der Waals surface area contributed by atoms with Crippen LogP contribution in [0.5, 0.6) is 0 Å². The van der Waals surface area contributed by atoms with E-state index in [2.05, 4.69) is 21.3 Å². The lowest BCUT2D eigenvalue weighted by atomic mass is 9.90. The lowest BCUT2D eigenvalue weighted by molar-refractivity contribution is -0.137. The van der Waals surface area contributed by atoms with Gasteiger partial charge in [-0.3, -0.25) is 9.59 Å². The molecule has 2 unspecified atom stereocenters. The Morgan fingerprint density at radius 2 is 1.63 bits per heavy atom. The van der Waals surface area contributed by atoms with Gasteiger partial charge in [0, 0.05) is 17.8 Å². The molecule has 0 aromatic heterocycles. The summed E-state index contributed by atoms with van der Waals surface area (Å²) in [6, 6.07) is 2.06. The number of nitrogens with one attached hydrogen (secondary N) is 4. The molecule has 11 heteroatoms. The Bertz CT molecular complexity index is 913. The average molecular weight is 501 g/mol. The number of alkyl halides is 3. The van der Waals surface area contributed by atoms with Crippen molar-refractivity contribution in [3.8, 4) is 0 Å². The molecule has 0 aliphatic heterocycles. The second kappa shape index (κ2) is 11.6. The van der Waals surface area contributed by atoms with E-state index < -0.39 is 41.8 Å². The van der Waals surface area contributed by atoms with Gasteiger partial charge < -0.3 is 26.0 Å². The maximum atomic E-state index is 13.2. The highest BCUT2D eigenvalue weighted by Crippen LogP contribution is 2.32. The smallest absolute Gasteiger partial charge is 0.416 e. The summed E-state index contributed by atoms with van der Waals surface area (Å²) < 4.78 is 44.8. The third-order valence-electron chi connectivity index (χ3n) is 5.26. The molecule has 4 N–H and O–H groups in total. The first-order chi connectivity index (χ1) is 16.2. The normalized spacial score (nSPS) is 18.5. The van der Waals surface area contributed by atoms with Crippen molar-refractivity contribution in [2.24, 2.45) is 0 Å². The molecule has 2 atom stereocenters. The van der Waals surface area contributed by atoms with Gasteiger partial charge in [0.05, 0.1) is 23.7 Å². The number of ether oxygens (including phenoxy) is 1. The third-order valence-corrected chi connectivity index (χ3v) is 5.26. The second-order valence-electron chi connectivity index (χ2n) is 9.95. The van der Waals surface area contributed by atoms with E-state index in [0.29, 0.717) is 12.8 Å². The molecule has 0 heterocycles. The molecule has 8 nitrogen and oxygen atoms in total. The minimum atomic E-state index is -4.61. The van der Waals surface area contributed by atoms with Crippen LogP contribution in [0.15, 0.2) is 18.2 Å². The standard InChI is InChI=1S/C24H35F3N4O4/c1-14(2)29-17-11-10-15(24(25,26)27)12-16(17)21(33)28-13-20(32)30-18-8-6-7-9-19(18)31-22(34)35-23(3,4)5/h10-12,14,18-19,29H,6-9,13H2,1-5H3,(H,28,33)(H,30,32)(H,31,34). The number of hydrogen-bond acceptors (Lipinski definition) is 5. The van der Waals surface area contributed by atoms with Gasteiger partial charge in [-0.1, -0.05) is 12.8 Å². The zero-order valence-corrected chi connectivity index (χ0v) is 20.8. The molecule has 0 bridgehead atoms. The van der Waals surface area contributed by atoms with E-state index in [9.17, 15) is 27.6 Å². The second-order valence-corrected chi connectivity index (χ2v) is 9.95. The van der Waals surface area contributed by atoms with E-state index in [4.69, 9.17) is 4.74 Å². The molecule has 1 aliphatic rings. The van der Waals surface area contributed by atoms with Gasteiger partial charge in [0.25, 0.3) is 5.91 Å². The first-order valence-corrected chi connectivity index (χ1v) is 11.7. The first kappa shape index (κ1) is 28.3. The summed E-state index contributed by atoms with van der Waals surface area (Å²) >= 11 is 0. The number of halogens is 3. The summed E-state index contributed by atoms with van der Waals surface area (Å²) in [7, 11) is 0. The number of anilines is 1. The fourth-order valence-corrected chi connectivity index (χ4v) is 3.79. The van der Waals surface area contributed by atoms with Crippen molar-refractivity contribution in [3.63, 3.8) is 0 Å². The Morgan fingerprint density at radius 3 is 2.17 bits per heavy atom. The highest BCUT2D eigenvalue weighted by atomic mass is 19.4. The number of benzene rings is 1. The molecular weight excluding hydrogens is 465 g/mol. The number of alkyl carbamates (subject to hydrolysis) is 1. The van der Waals surface area contributed by atoms with Crippen molar-refractivity contribution in [3.05, 3.63) is 29.3 Å². The molecule has 1 aliphatic carbocycles. The zero-order valence-electron chi connectivity index (χ0n) is 20.8. The van der Waals surface area contributed by atoms with Crippen molar-refractivity contribution in [1.82, 2.24) is 16.0 Å². The topological polar surface area (TPSA) is 109 Å². The van der Waals surface area contributed by atoms with E-state index >= 15 is 0 Å². The van der Waals surface area contributed by atoms with Gasteiger partial charge in [-0.2, -0.15) is 13.2 Å². The van der Waals surface area contributed by atoms with Crippen LogP contribution in [0.3, 0.4) is 0 Å². The molecule has 0 saturated heterocycles. The molecule has 35 heavy (non-hydrogen) atoms. The van der Waals surface area contributed by atoms with Gasteiger partial charge in [0.2, 0.25) is 5.91 Å². The van der Waals surface area contributed by atoms with E-state index in [-0.39, 0.29) is 29.4 Å². The summed E-state index contributed by atoms with van der Waals surface area (Å²) in [6.45, 7) is 8.41. The molecule has 0 radical (unpaired) electrons. The van der Waals surface area contributed by atoms with Crippen molar-refractivity contribution in [2.45, 2.75) is 90.2 Å². The summed E-state index contributed by atoms with van der Waals surface area (Å²) in [5.74, 6) is -1.31. The molecule has 3 amide bonds. The van der Waals surface area contributed by atoms with Crippen LogP contribution in [0.25, 0.3) is 0 Å². The van der Waals surface area contributed by atoms with Crippen LogP contribution in [0, 0.1) is 0 Å². The number of carbonyl (C=O) groups is 3. The highest BCUT2D eigenvalue weighted by Gasteiger charge is 2.32. The lowest BCUT2D eigenvalue weighted by Crippen LogP contribution is -2.55. The van der Waals surface area contributed by atoms with Crippen LogP contribution in [0.2, 0.25) is 0 Å². The van der Waals surface area contributed by atoms with Crippen molar-refractivity contribution >= 4 is 23.6 Å². The van der Waals surface area contributed by atoms with Gasteiger partial charge in [-0.25, -0.2) is 4.79 Å². The predicted molar refractivity (Wildman–Crippen MR) is 126 cm³/mol. The SMILES string of the molecule is CC(C)Nc1ccc(C(F)(F)F)cc1C(=O)NCC(=O)NC1CCCCC1NC(=O)OC(C)(C)C. The van der Waals surface area contributed by atoms with Crippen LogP contribution in [-0.2, 0) is 15.7 Å². The fraction of sp³-hybridized carbons (Fsp3) is 0.625. The average Bonchev–Trinajstić information content (AvgIpc) is 2.71. The van der Waals surface area contributed by atoms with E-state index in [1.54, 1.807) is 34.6 Å². The van der Waals surface area contributed by atoms with E-state index in [0.717, 1.165) is 25.0 Å². The van der Waals surface area contributed by atoms with Crippen LogP contribution >= 0.6 is 0 Å². The summed E-state index contributed by atoms with van der Waals surface area (Å²) in [4.78, 5) is 37.4. The van der Waals surface area contributed by atoms with Gasteiger partial charge in [0.1, 0.15) is 5.60 Å². The van der Waals surface area contributed by atoms with E-state index in [1.807, 2.05) is 0 Å². The Hall–Kier alpha value is -2.98. The monoisotopic (exact) mass is 500 g/mol. The van der Waals surface area contributed by atoms with E-state index in [1.165, 1.54) is 6.07 Å². The van der Waals surface area contributed by atoms with Crippen LogP contribution < -0.4 is 21.3 Å². The molecule has 1 aromatic carbocycles. The molecule has 1 fully saturated rings. The Morgan fingerprint density at radius 1 is 1.03 bits per heavy atom. The fourth-order valence-electron chi connectivity index (χ4n) is 3.79. The summed E-state index contributed by atoms with van der Waals surface area (Å²) in [6.07, 6.45) is -2.16. The minimum absolute atomic E-state index is 0.123. The van der Waals surface area contributed by atoms with Gasteiger partial charge in [-0.05, 0) is 65.7 Å². The number of hydrogen-bond donors (Lipinski definition) is 4. The van der Waals surface area contributed by atoms with Crippen LogP contribution in [0.4, 0.5) is 23.7 Å². The van der Waals surface area contributed by atoms with Crippen LogP contribution in [-0.4, -0.2) is 48.2 Å². The minimum Gasteiger partial charge on any atom is -0.444 e. The first-order valence-electron chi connectivity index (χ1n) is 11.7. The maximum absolute atomic E-state index is 13.2. The molecule has 1 aromatic rings. The van der Waals surface area contributed by atoms with Crippen molar-refractivity contribution < 1.29 is 32.3 Å². The number of amides is 3. The molecule has 1 saturated carbocycles. The van der Waals surface area contributed by atoms with Crippen LogP contribution in [0.1, 0.15) is 76.2 Å². The molecular formula is C24H35F3N4O4. The zero-order chi connectivity index (χ0) is 26.4. The summed E-state index contributed by atoms with van der Waals surface area (Å²) in [5, 5.41) is 10.9. The summed E-state index contributed by atoms with van der Waals surface area (Å²) in [5.41, 5.74) is -1.59. The highest BCUT2D eigenvalue weighted by molar-refractivity contribution is 6.01. The van der Waals surface area contributed by atoms with Gasteiger partial charge in [-0.15, -0.1) is 0 Å². The Kier molecular flexibility index (Phi) is 9.39. The van der Waals surface area contributed by atoms with Crippen molar-refractivity contribution in [2.75, 3.05) is 11.9 Å². The maximum Gasteiger partial charge on any atom is 0.416 e. The third kappa shape index (κ3) is 9.29. The Labute approximate surface area is 203 Å². The number of carbonyl (C=O) groups excluding carboxylic acids is 3. The molecule has 196 valence electrons. The van der Waals surface area contributed by atoms with Crippen molar-refractivity contribution in [1.29, 1.82) is 0 Å². The lowest BCUT2D eigenvalue weighted by Gasteiger charge is -2.33. The van der Waals surface area contributed by atoms with Gasteiger partial charge in [0.15, 0.2) is 0 Å². The largest absolute Gasteiger partial charge is 0.444 e. The molecule has 0 spiro atoms. The van der Waals surface area contributed by atoms with Gasteiger partial charge >= 0.3 is 12.3 Å². The molecule has 2 rings (SSSR count).